The van der Waals surface area contributed by atoms with Gasteiger partial charge in [0, 0.05) is 0 Å². The molecule has 2 atom stereocenters. The number of unbranched alkanes of at least 4 members (excludes halogenated alkanes) is 1. The highest BCUT2D eigenvalue weighted by Gasteiger charge is 2.17. The van der Waals surface area contributed by atoms with E-state index in [2.05, 4.69) is 10.6 Å². The number of amides is 2. The van der Waals surface area contributed by atoms with Gasteiger partial charge in [0.25, 0.3) is 0 Å². The van der Waals surface area contributed by atoms with Crippen LogP contribution in [0.4, 0.5) is 0 Å². The van der Waals surface area contributed by atoms with Crippen molar-refractivity contribution in [3.8, 4) is 0 Å². The number of carbonyl (C=O) groups excluding carboxylic acids is 4. The highest BCUT2D eigenvalue weighted by molar-refractivity contribution is 5.85. The number of hydrogen-bond donors (Lipinski definition) is 4. The molecule has 0 spiro atoms. The van der Waals surface area contributed by atoms with Gasteiger partial charge in [-0.1, -0.05) is 0 Å². The Morgan fingerprint density at radius 3 is 1.42 bits per heavy atom. The molecule has 0 aromatic carbocycles. The molecule has 0 aromatic heterocycles. The highest BCUT2D eigenvalue weighted by Crippen LogP contribution is 1.97. The van der Waals surface area contributed by atoms with Crippen molar-refractivity contribution in [2.24, 2.45) is 0 Å². The summed E-state index contributed by atoms with van der Waals surface area (Å²) in [6, 6.07) is -1.73. The second-order valence-corrected chi connectivity index (χ2v) is 4.94. The van der Waals surface area contributed by atoms with Crippen LogP contribution in [0.5, 0.6) is 0 Å². The normalized spacial score (nSPS) is 12.7. The number of esters is 2. The molecule has 0 aliphatic carbocycles. The van der Waals surface area contributed by atoms with Gasteiger partial charge in [-0.05, 0) is 26.7 Å². The minimum Gasteiger partial charge on any atom is -0.464 e. The fourth-order valence-electron chi connectivity index (χ4n) is 1.49. The van der Waals surface area contributed by atoms with Crippen molar-refractivity contribution in [1.29, 1.82) is 0 Å². The van der Waals surface area contributed by atoms with E-state index in [9.17, 15) is 19.2 Å². The molecule has 2 unspecified atom stereocenters. The van der Waals surface area contributed by atoms with Gasteiger partial charge >= 0.3 is 11.9 Å². The summed E-state index contributed by atoms with van der Waals surface area (Å²) in [7, 11) is 0. The standard InChI is InChI=1S/C14H24N2O8/c1-9(15-11(19)7-17)13(21)23-5-3-4-6-24-14(22)10(2)16-12(20)8-18/h9-10,17-18H,3-8H2,1-2H3,(H,15,19)(H,16,20). The lowest BCUT2D eigenvalue weighted by atomic mass is 10.3. The number of carbonyl (C=O) groups is 4. The Morgan fingerprint density at radius 1 is 0.792 bits per heavy atom. The lowest BCUT2D eigenvalue weighted by molar-refractivity contribution is -0.149. The van der Waals surface area contributed by atoms with E-state index in [1.807, 2.05) is 0 Å². The van der Waals surface area contributed by atoms with Crippen molar-refractivity contribution in [1.82, 2.24) is 10.6 Å². The predicted molar refractivity (Wildman–Crippen MR) is 80.5 cm³/mol. The second-order valence-electron chi connectivity index (χ2n) is 4.94. The number of hydrogen-bond acceptors (Lipinski definition) is 8. The van der Waals surface area contributed by atoms with Crippen LogP contribution in [-0.2, 0) is 28.7 Å². The summed E-state index contributed by atoms with van der Waals surface area (Å²) in [5.41, 5.74) is 0. The summed E-state index contributed by atoms with van der Waals surface area (Å²) in [4.78, 5) is 44.8. The lowest BCUT2D eigenvalue weighted by Crippen LogP contribution is -2.41. The van der Waals surface area contributed by atoms with Gasteiger partial charge in [-0.3, -0.25) is 9.59 Å². The summed E-state index contributed by atoms with van der Waals surface area (Å²) < 4.78 is 9.82. The minimum atomic E-state index is -0.863. The summed E-state index contributed by atoms with van der Waals surface area (Å²) in [5, 5.41) is 21.6. The Labute approximate surface area is 139 Å². The molecule has 0 saturated carbocycles. The first-order valence-corrected chi connectivity index (χ1v) is 7.45. The van der Waals surface area contributed by atoms with Crippen LogP contribution in [0.2, 0.25) is 0 Å². The van der Waals surface area contributed by atoms with Gasteiger partial charge < -0.3 is 30.3 Å². The first-order chi connectivity index (χ1) is 11.3. The highest BCUT2D eigenvalue weighted by atomic mass is 16.5. The average Bonchev–Trinajstić information content (AvgIpc) is 2.56. The molecule has 0 aliphatic heterocycles. The van der Waals surface area contributed by atoms with Crippen LogP contribution in [0.25, 0.3) is 0 Å². The zero-order valence-corrected chi connectivity index (χ0v) is 13.7. The van der Waals surface area contributed by atoms with E-state index >= 15 is 0 Å². The van der Waals surface area contributed by atoms with Crippen molar-refractivity contribution >= 4 is 23.8 Å². The maximum atomic E-state index is 11.5. The van der Waals surface area contributed by atoms with E-state index in [0.717, 1.165) is 0 Å². The molecule has 4 N–H and O–H groups in total. The number of ether oxygens (including phenoxy) is 2. The molecule has 0 heterocycles. The number of rotatable bonds is 11. The van der Waals surface area contributed by atoms with Crippen molar-refractivity contribution in [3.63, 3.8) is 0 Å². The van der Waals surface area contributed by atoms with E-state index in [4.69, 9.17) is 19.7 Å². The smallest absolute Gasteiger partial charge is 0.328 e. The van der Waals surface area contributed by atoms with Crippen molar-refractivity contribution in [3.05, 3.63) is 0 Å². The van der Waals surface area contributed by atoms with Gasteiger partial charge in [-0.15, -0.1) is 0 Å². The molecule has 0 saturated heterocycles. The van der Waals surface area contributed by atoms with Crippen LogP contribution in [0.1, 0.15) is 26.7 Å². The molecule has 0 radical (unpaired) electrons. The molecule has 10 nitrogen and oxygen atoms in total. The predicted octanol–water partition coefficient (Wildman–Crippen LogP) is -2.15. The number of aliphatic hydroxyl groups excluding tert-OH is 2. The van der Waals surface area contributed by atoms with Crippen molar-refractivity contribution < 1.29 is 38.9 Å². The molecule has 0 aromatic rings. The number of aliphatic hydroxyl groups is 2. The molecule has 138 valence electrons. The molecule has 0 bridgehead atoms. The topological polar surface area (TPSA) is 151 Å². The van der Waals surface area contributed by atoms with E-state index in [1.165, 1.54) is 13.8 Å². The molecule has 2 amide bonds. The van der Waals surface area contributed by atoms with Crippen LogP contribution in [0.3, 0.4) is 0 Å². The van der Waals surface area contributed by atoms with Crippen molar-refractivity contribution in [2.45, 2.75) is 38.8 Å². The SMILES string of the molecule is CC(NC(=O)CO)C(=O)OCCCCOC(=O)C(C)NC(=O)CO. The Balaban J connectivity index is 3.76. The second kappa shape index (κ2) is 12.3. The lowest BCUT2D eigenvalue weighted by Gasteiger charge is -2.13. The third-order valence-electron chi connectivity index (χ3n) is 2.78. The summed E-state index contributed by atoms with van der Waals surface area (Å²) >= 11 is 0. The molecule has 24 heavy (non-hydrogen) atoms. The molecular formula is C14H24N2O8. The quantitative estimate of drug-likeness (QED) is 0.244. The van der Waals surface area contributed by atoms with Gasteiger partial charge in [0.2, 0.25) is 11.8 Å². The van der Waals surface area contributed by atoms with E-state index < -0.39 is 49.1 Å². The van der Waals surface area contributed by atoms with Gasteiger partial charge in [-0.25, -0.2) is 9.59 Å². The van der Waals surface area contributed by atoms with Crippen LogP contribution < -0.4 is 10.6 Å². The third kappa shape index (κ3) is 9.74. The van der Waals surface area contributed by atoms with Gasteiger partial charge in [0.1, 0.15) is 25.3 Å². The monoisotopic (exact) mass is 348 g/mol. The Kier molecular flexibility index (Phi) is 11.1. The van der Waals surface area contributed by atoms with Gasteiger partial charge in [0.05, 0.1) is 13.2 Å². The van der Waals surface area contributed by atoms with Gasteiger partial charge in [-0.2, -0.15) is 0 Å². The Bertz CT molecular complexity index is 400. The van der Waals surface area contributed by atoms with E-state index in [1.54, 1.807) is 0 Å². The Hall–Kier alpha value is -2.20. The zero-order chi connectivity index (χ0) is 18.5. The molecule has 10 heteroatoms. The van der Waals surface area contributed by atoms with Crippen molar-refractivity contribution in [2.75, 3.05) is 26.4 Å². The third-order valence-corrected chi connectivity index (χ3v) is 2.78. The molecule has 0 aliphatic rings. The van der Waals surface area contributed by atoms with E-state index in [0.29, 0.717) is 12.8 Å². The van der Waals surface area contributed by atoms with Gasteiger partial charge in [0.15, 0.2) is 0 Å². The fourth-order valence-corrected chi connectivity index (χ4v) is 1.49. The molecular weight excluding hydrogens is 324 g/mol. The largest absolute Gasteiger partial charge is 0.464 e. The zero-order valence-electron chi connectivity index (χ0n) is 13.7. The number of nitrogens with one attached hydrogen (secondary N) is 2. The van der Waals surface area contributed by atoms with E-state index in [-0.39, 0.29) is 13.2 Å². The first kappa shape index (κ1) is 21.8. The van der Waals surface area contributed by atoms with Crippen LogP contribution in [0, 0.1) is 0 Å². The fraction of sp³-hybridized carbons (Fsp3) is 0.714. The average molecular weight is 348 g/mol. The molecule has 0 fully saturated rings. The summed E-state index contributed by atoms with van der Waals surface area (Å²) in [5.74, 6) is -2.61. The summed E-state index contributed by atoms with van der Waals surface area (Å²) in [6.45, 7) is 1.62. The first-order valence-electron chi connectivity index (χ1n) is 7.45. The minimum absolute atomic E-state index is 0.0898. The summed E-state index contributed by atoms with van der Waals surface area (Å²) in [6.07, 6.45) is 0.883. The maximum absolute atomic E-state index is 11.5. The molecule has 0 rings (SSSR count). The maximum Gasteiger partial charge on any atom is 0.328 e. The van der Waals surface area contributed by atoms with Crippen LogP contribution in [0.15, 0.2) is 0 Å². The van der Waals surface area contributed by atoms with Crippen LogP contribution >= 0.6 is 0 Å². The Morgan fingerprint density at radius 2 is 1.12 bits per heavy atom. The van der Waals surface area contributed by atoms with Crippen LogP contribution in [-0.4, -0.2) is 72.5 Å².